The lowest BCUT2D eigenvalue weighted by Crippen LogP contribution is -2.59. The maximum absolute atomic E-state index is 12.8. The van der Waals surface area contributed by atoms with E-state index in [9.17, 15) is 14.4 Å². The molecular formula is C21H19NO4. The van der Waals surface area contributed by atoms with E-state index >= 15 is 0 Å². The summed E-state index contributed by atoms with van der Waals surface area (Å²) in [6.45, 7) is 0. The summed E-state index contributed by atoms with van der Waals surface area (Å²) in [6.07, 6.45) is 2.88. The van der Waals surface area contributed by atoms with Crippen LogP contribution in [0.15, 0.2) is 72.8 Å². The number of hydrogen-bond donors (Lipinski definition) is 1. The zero-order valence-corrected chi connectivity index (χ0v) is 14.3. The Kier molecular flexibility index (Phi) is 4.98. The van der Waals surface area contributed by atoms with Crippen molar-refractivity contribution in [3.63, 3.8) is 0 Å². The minimum absolute atomic E-state index is 0.102. The van der Waals surface area contributed by atoms with Crippen LogP contribution in [0.25, 0.3) is 0 Å². The molecule has 1 amide bonds. The van der Waals surface area contributed by atoms with Crippen LogP contribution in [0.5, 0.6) is 0 Å². The molecule has 0 aliphatic heterocycles. The predicted molar refractivity (Wildman–Crippen MR) is 96.6 cm³/mol. The lowest BCUT2D eigenvalue weighted by molar-refractivity contribution is -0.147. The van der Waals surface area contributed by atoms with Gasteiger partial charge in [0.15, 0.2) is 11.3 Å². The molecule has 0 bridgehead atoms. The lowest BCUT2D eigenvalue weighted by atomic mass is 9.72. The van der Waals surface area contributed by atoms with Crippen molar-refractivity contribution in [1.82, 2.24) is 5.32 Å². The van der Waals surface area contributed by atoms with Crippen molar-refractivity contribution in [2.24, 2.45) is 0 Å². The first-order valence-corrected chi connectivity index (χ1v) is 8.30. The molecule has 3 rings (SSSR count). The molecule has 0 heterocycles. The highest BCUT2D eigenvalue weighted by Gasteiger charge is 2.49. The van der Waals surface area contributed by atoms with Gasteiger partial charge in [-0.05, 0) is 29.8 Å². The van der Waals surface area contributed by atoms with Crippen LogP contribution < -0.4 is 5.32 Å². The molecule has 5 heteroatoms. The second-order valence-electron chi connectivity index (χ2n) is 6.15. The number of ketones is 1. The van der Waals surface area contributed by atoms with Gasteiger partial charge in [-0.25, -0.2) is 4.79 Å². The van der Waals surface area contributed by atoms with Crippen molar-refractivity contribution < 1.29 is 19.1 Å². The summed E-state index contributed by atoms with van der Waals surface area (Å²) in [4.78, 5) is 37.6. The van der Waals surface area contributed by atoms with E-state index in [1.807, 2.05) is 30.3 Å². The fourth-order valence-corrected chi connectivity index (χ4v) is 3.25. The van der Waals surface area contributed by atoms with Gasteiger partial charge >= 0.3 is 5.97 Å². The quantitative estimate of drug-likeness (QED) is 0.862. The number of carbonyl (C=O) groups is 3. The highest BCUT2D eigenvalue weighted by molar-refractivity contribution is 6.02. The van der Waals surface area contributed by atoms with Crippen molar-refractivity contribution in [1.29, 1.82) is 0 Å². The van der Waals surface area contributed by atoms with Crippen LogP contribution in [0.4, 0.5) is 0 Å². The molecule has 0 radical (unpaired) electrons. The molecule has 0 fully saturated rings. The van der Waals surface area contributed by atoms with Gasteiger partial charge in [-0.2, -0.15) is 0 Å². The van der Waals surface area contributed by atoms with E-state index in [1.165, 1.54) is 19.3 Å². The molecule has 2 aromatic carbocycles. The molecule has 26 heavy (non-hydrogen) atoms. The Bertz CT molecular complexity index is 845. The first-order valence-electron chi connectivity index (χ1n) is 8.30. The summed E-state index contributed by atoms with van der Waals surface area (Å²) in [5, 5.41) is 2.82. The molecule has 0 spiro atoms. The maximum atomic E-state index is 12.8. The highest BCUT2D eigenvalue weighted by Crippen LogP contribution is 2.37. The zero-order valence-electron chi connectivity index (χ0n) is 14.3. The number of rotatable bonds is 4. The summed E-state index contributed by atoms with van der Waals surface area (Å²) in [6, 6.07) is 17.8. The van der Waals surface area contributed by atoms with Crippen LogP contribution in [0.3, 0.4) is 0 Å². The minimum atomic E-state index is -1.45. The SMILES string of the molecule is COC(=O)[C@@]1(NC(=O)c2ccccc2)C=CC(=O)C[C@@H]1c1ccccc1. The van der Waals surface area contributed by atoms with Gasteiger partial charge in [-0.1, -0.05) is 48.5 Å². The Hall–Kier alpha value is -3.21. The van der Waals surface area contributed by atoms with E-state index in [2.05, 4.69) is 5.32 Å². The summed E-state index contributed by atoms with van der Waals surface area (Å²) in [5.74, 6) is -1.68. The van der Waals surface area contributed by atoms with Gasteiger partial charge in [0.05, 0.1) is 7.11 Å². The molecule has 0 unspecified atom stereocenters. The highest BCUT2D eigenvalue weighted by atomic mass is 16.5. The molecule has 1 aliphatic carbocycles. The Balaban J connectivity index is 2.07. The Labute approximate surface area is 151 Å². The number of hydrogen-bond acceptors (Lipinski definition) is 4. The average Bonchev–Trinajstić information content (AvgIpc) is 2.70. The number of benzene rings is 2. The van der Waals surface area contributed by atoms with Gasteiger partial charge in [0.25, 0.3) is 5.91 Å². The fourth-order valence-electron chi connectivity index (χ4n) is 3.25. The van der Waals surface area contributed by atoms with Crippen molar-refractivity contribution in [2.45, 2.75) is 17.9 Å². The monoisotopic (exact) mass is 349 g/mol. The van der Waals surface area contributed by atoms with Crippen LogP contribution in [0.2, 0.25) is 0 Å². The van der Waals surface area contributed by atoms with Crippen LogP contribution in [0, 0.1) is 0 Å². The summed E-state index contributed by atoms with van der Waals surface area (Å²) < 4.78 is 5.00. The molecule has 0 saturated heterocycles. The van der Waals surface area contributed by atoms with Crippen molar-refractivity contribution in [3.05, 3.63) is 83.9 Å². The average molecular weight is 349 g/mol. The Morgan fingerprint density at radius 2 is 1.65 bits per heavy atom. The fraction of sp³-hybridized carbons (Fsp3) is 0.190. The van der Waals surface area contributed by atoms with Gasteiger partial charge in [0, 0.05) is 17.9 Å². The first kappa shape index (κ1) is 17.6. The van der Waals surface area contributed by atoms with Crippen LogP contribution >= 0.6 is 0 Å². The van der Waals surface area contributed by atoms with Crippen LogP contribution in [-0.2, 0) is 14.3 Å². The topological polar surface area (TPSA) is 72.5 Å². The van der Waals surface area contributed by atoms with E-state index in [-0.39, 0.29) is 12.2 Å². The van der Waals surface area contributed by atoms with E-state index < -0.39 is 23.3 Å². The molecular weight excluding hydrogens is 330 g/mol. The summed E-state index contributed by atoms with van der Waals surface area (Å²) in [5.41, 5.74) is -0.242. The third-order valence-electron chi connectivity index (χ3n) is 4.57. The van der Waals surface area contributed by atoms with Gasteiger partial charge in [-0.3, -0.25) is 9.59 Å². The number of allylic oxidation sites excluding steroid dienone is 1. The van der Waals surface area contributed by atoms with Crippen LogP contribution in [0.1, 0.15) is 28.3 Å². The third-order valence-corrected chi connectivity index (χ3v) is 4.57. The molecule has 2 atom stereocenters. The number of ether oxygens (including phenoxy) is 1. The summed E-state index contributed by atoms with van der Waals surface area (Å²) in [7, 11) is 1.27. The predicted octanol–water partition coefficient (Wildman–Crippen LogP) is 2.64. The molecule has 2 aromatic rings. The number of esters is 1. The standard InChI is InChI=1S/C21H19NO4/c1-26-20(25)21(22-19(24)16-10-6-3-7-11-16)13-12-17(23)14-18(21)15-8-4-2-5-9-15/h2-13,18H,14H2,1H3,(H,22,24)/t18-,21-/m1/s1. The van der Waals surface area contributed by atoms with Gasteiger partial charge in [0.1, 0.15) is 0 Å². The number of nitrogens with one attached hydrogen (secondary N) is 1. The maximum Gasteiger partial charge on any atom is 0.336 e. The van der Waals surface area contributed by atoms with Gasteiger partial charge in [-0.15, -0.1) is 0 Å². The van der Waals surface area contributed by atoms with E-state index in [0.29, 0.717) is 5.56 Å². The molecule has 5 nitrogen and oxygen atoms in total. The van der Waals surface area contributed by atoms with Crippen LogP contribution in [-0.4, -0.2) is 30.3 Å². The molecule has 0 aromatic heterocycles. The Morgan fingerprint density at radius 3 is 2.27 bits per heavy atom. The molecule has 132 valence electrons. The number of methoxy groups -OCH3 is 1. The smallest absolute Gasteiger partial charge is 0.336 e. The summed E-state index contributed by atoms with van der Waals surface area (Å²) >= 11 is 0. The van der Waals surface area contributed by atoms with Gasteiger partial charge < -0.3 is 10.1 Å². The van der Waals surface area contributed by atoms with Crippen molar-refractivity contribution in [2.75, 3.05) is 7.11 Å². The van der Waals surface area contributed by atoms with Gasteiger partial charge in [0.2, 0.25) is 0 Å². The lowest BCUT2D eigenvalue weighted by Gasteiger charge is -2.38. The molecule has 0 saturated carbocycles. The van der Waals surface area contributed by atoms with E-state index in [1.54, 1.807) is 30.3 Å². The minimum Gasteiger partial charge on any atom is -0.467 e. The third kappa shape index (κ3) is 3.28. The first-order chi connectivity index (χ1) is 12.6. The number of carbonyl (C=O) groups excluding carboxylic acids is 3. The number of amides is 1. The molecule has 1 aliphatic rings. The molecule has 1 N–H and O–H groups in total. The largest absolute Gasteiger partial charge is 0.467 e. The zero-order chi connectivity index (χ0) is 18.6. The second-order valence-corrected chi connectivity index (χ2v) is 6.15. The van der Waals surface area contributed by atoms with E-state index in [4.69, 9.17) is 4.74 Å². The Morgan fingerprint density at radius 1 is 1.04 bits per heavy atom. The van der Waals surface area contributed by atoms with Crippen molar-refractivity contribution >= 4 is 17.7 Å². The van der Waals surface area contributed by atoms with E-state index in [0.717, 1.165) is 5.56 Å². The second kappa shape index (κ2) is 7.35. The normalized spacial score (nSPS) is 21.9. The van der Waals surface area contributed by atoms with Crippen molar-refractivity contribution in [3.8, 4) is 0 Å².